The van der Waals surface area contributed by atoms with Crippen molar-refractivity contribution in [1.29, 1.82) is 0 Å². The van der Waals surface area contributed by atoms with Gasteiger partial charge in [-0.05, 0) is 0 Å². The molecule has 0 aromatic rings. The van der Waals surface area contributed by atoms with E-state index in [1.807, 2.05) is 0 Å². The smallest absolute Gasteiger partial charge is 0.0856 e. The molecule has 9 heavy (non-hydrogen) atoms. The van der Waals surface area contributed by atoms with Crippen molar-refractivity contribution in [3.8, 4) is 0 Å². The maximum Gasteiger partial charge on any atom is 0.0856 e. The number of hydrogen-bond donors (Lipinski definition) is 4. The van der Waals surface area contributed by atoms with Crippen LogP contribution in [0.3, 0.4) is 0 Å². The summed E-state index contributed by atoms with van der Waals surface area (Å²) in [6.07, 6.45) is 0. The van der Waals surface area contributed by atoms with Crippen LogP contribution in [-0.2, 0) is 16.8 Å². The van der Waals surface area contributed by atoms with Crippen molar-refractivity contribution in [3.63, 3.8) is 0 Å². The SMILES string of the molecule is NC(CO)(CO)CO.[Co]. The zero-order valence-corrected chi connectivity index (χ0v) is 5.91. The van der Waals surface area contributed by atoms with Crippen LogP contribution >= 0.6 is 0 Å². The fourth-order valence-electron chi connectivity index (χ4n) is 0.150. The summed E-state index contributed by atoms with van der Waals surface area (Å²) in [7, 11) is 0. The van der Waals surface area contributed by atoms with Gasteiger partial charge in [0, 0.05) is 16.8 Å². The van der Waals surface area contributed by atoms with E-state index in [0.717, 1.165) is 0 Å². The molecular formula is C4H11CoNO3. The second kappa shape index (κ2) is 5.16. The third-order valence-corrected chi connectivity index (χ3v) is 0.945. The molecule has 0 aliphatic rings. The van der Waals surface area contributed by atoms with Gasteiger partial charge in [-0.1, -0.05) is 0 Å². The standard InChI is InChI=1S/C4H11NO3.Co/c5-4(1-6,2-7)3-8;/h6-8H,1-3,5H2;. The van der Waals surface area contributed by atoms with Crippen molar-refractivity contribution >= 4 is 0 Å². The van der Waals surface area contributed by atoms with E-state index >= 15 is 0 Å². The molecule has 0 atom stereocenters. The van der Waals surface area contributed by atoms with Crippen molar-refractivity contribution in [3.05, 3.63) is 0 Å². The Balaban J connectivity index is 0. The van der Waals surface area contributed by atoms with Crippen molar-refractivity contribution < 1.29 is 32.1 Å². The first-order valence-electron chi connectivity index (χ1n) is 2.30. The molecule has 0 fully saturated rings. The third kappa shape index (κ3) is 3.85. The number of aliphatic hydroxyl groups is 3. The Hall–Kier alpha value is 0.346. The Labute approximate surface area is 63.9 Å². The Morgan fingerprint density at radius 1 is 1.00 bits per heavy atom. The van der Waals surface area contributed by atoms with Gasteiger partial charge in [0.05, 0.1) is 25.4 Å². The van der Waals surface area contributed by atoms with E-state index in [0.29, 0.717) is 0 Å². The summed E-state index contributed by atoms with van der Waals surface area (Å²) in [5, 5.41) is 25.0. The molecule has 5 heteroatoms. The van der Waals surface area contributed by atoms with Gasteiger partial charge >= 0.3 is 0 Å². The van der Waals surface area contributed by atoms with Crippen molar-refractivity contribution in [1.82, 2.24) is 0 Å². The monoisotopic (exact) mass is 180 g/mol. The topological polar surface area (TPSA) is 86.7 Å². The summed E-state index contributed by atoms with van der Waals surface area (Å²) in [5.74, 6) is 0. The molecule has 0 amide bonds. The molecule has 0 spiro atoms. The van der Waals surface area contributed by atoms with Gasteiger partial charge in [0.25, 0.3) is 0 Å². The van der Waals surface area contributed by atoms with E-state index in [-0.39, 0.29) is 16.8 Å². The average molecular weight is 180 g/mol. The van der Waals surface area contributed by atoms with Crippen LogP contribution in [0.15, 0.2) is 0 Å². The summed E-state index contributed by atoms with van der Waals surface area (Å²) in [6.45, 7) is -1.21. The van der Waals surface area contributed by atoms with Gasteiger partial charge in [-0.15, -0.1) is 0 Å². The zero-order valence-electron chi connectivity index (χ0n) is 4.87. The van der Waals surface area contributed by atoms with Crippen LogP contribution in [0.4, 0.5) is 0 Å². The summed E-state index contributed by atoms with van der Waals surface area (Å²) >= 11 is 0. The van der Waals surface area contributed by atoms with Crippen LogP contribution in [0.2, 0.25) is 0 Å². The summed E-state index contributed by atoms with van der Waals surface area (Å²) in [6, 6.07) is 0. The van der Waals surface area contributed by atoms with E-state index in [2.05, 4.69) is 0 Å². The van der Waals surface area contributed by atoms with Gasteiger partial charge in [0.1, 0.15) is 0 Å². The maximum atomic E-state index is 8.34. The van der Waals surface area contributed by atoms with Gasteiger partial charge in [-0.2, -0.15) is 0 Å². The van der Waals surface area contributed by atoms with Crippen molar-refractivity contribution in [2.75, 3.05) is 19.8 Å². The Morgan fingerprint density at radius 3 is 1.22 bits per heavy atom. The summed E-state index contributed by atoms with van der Waals surface area (Å²) in [5.41, 5.74) is 3.94. The minimum atomic E-state index is -1.21. The molecule has 4 nitrogen and oxygen atoms in total. The first kappa shape index (κ1) is 12.1. The number of aliphatic hydroxyl groups excluding tert-OH is 3. The zero-order chi connectivity index (χ0) is 6.62. The maximum absolute atomic E-state index is 8.34. The normalized spacial score (nSPS) is 10.7. The Morgan fingerprint density at radius 2 is 1.22 bits per heavy atom. The molecule has 0 bridgehead atoms. The van der Waals surface area contributed by atoms with Crippen LogP contribution < -0.4 is 5.73 Å². The fraction of sp³-hybridized carbons (Fsp3) is 1.00. The van der Waals surface area contributed by atoms with Crippen LogP contribution in [0.1, 0.15) is 0 Å². The van der Waals surface area contributed by atoms with Crippen LogP contribution in [0.25, 0.3) is 0 Å². The van der Waals surface area contributed by atoms with Gasteiger partial charge in [-0.25, -0.2) is 0 Å². The third-order valence-electron chi connectivity index (χ3n) is 0.945. The molecule has 0 saturated carbocycles. The molecule has 0 aliphatic carbocycles. The predicted octanol–water partition coefficient (Wildman–Crippen LogP) is -2.34. The van der Waals surface area contributed by atoms with Crippen molar-refractivity contribution in [2.45, 2.75) is 5.54 Å². The quantitative estimate of drug-likeness (QED) is 0.392. The number of nitrogens with two attached hydrogens (primary N) is 1. The first-order chi connectivity index (χ1) is 3.68. The van der Waals surface area contributed by atoms with Gasteiger partial charge in [0.15, 0.2) is 0 Å². The Bertz CT molecular complexity index is 58.6. The van der Waals surface area contributed by atoms with E-state index in [1.165, 1.54) is 0 Å². The molecular weight excluding hydrogens is 169 g/mol. The predicted molar refractivity (Wildman–Crippen MR) is 28.2 cm³/mol. The first-order valence-corrected chi connectivity index (χ1v) is 2.30. The molecule has 1 radical (unpaired) electrons. The second-order valence-corrected chi connectivity index (χ2v) is 1.84. The molecule has 5 N–H and O–H groups in total. The second-order valence-electron chi connectivity index (χ2n) is 1.84. The van der Waals surface area contributed by atoms with Crippen LogP contribution in [0.5, 0.6) is 0 Å². The minimum absolute atomic E-state index is 0. The van der Waals surface area contributed by atoms with Gasteiger partial charge < -0.3 is 21.1 Å². The molecule has 0 aromatic carbocycles. The fourth-order valence-corrected chi connectivity index (χ4v) is 0.150. The summed E-state index contributed by atoms with van der Waals surface area (Å²) in [4.78, 5) is 0. The molecule has 0 aromatic heterocycles. The molecule has 0 heterocycles. The van der Waals surface area contributed by atoms with Crippen molar-refractivity contribution in [2.24, 2.45) is 5.73 Å². The van der Waals surface area contributed by atoms with E-state index in [1.54, 1.807) is 0 Å². The largest absolute Gasteiger partial charge is 0.394 e. The summed E-state index contributed by atoms with van der Waals surface area (Å²) < 4.78 is 0. The molecule has 0 aliphatic heterocycles. The van der Waals surface area contributed by atoms with Gasteiger partial charge in [0.2, 0.25) is 0 Å². The Kier molecular flexibility index (Phi) is 6.91. The van der Waals surface area contributed by atoms with E-state index < -0.39 is 25.4 Å². The average Bonchev–Trinajstić information content (AvgIpc) is 1.87. The minimum Gasteiger partial charge on any atom is -0.394 e. The number of hydrogen-bond acceptors (Lipinski definition) is 4. The van der Waals surface area contributed by atoms with Crippen LogP contribution in [-0.4, -0.2) is 40.7 Å². The number of rotatable bonds is 3. The molecule has 59 valence electrons. The van der Waals surface area contributed by atoms with Gasteiger partial charge in [-0.3, -0.25) is 0 Å². The van der Waals surface area contributed by atoms with Crippen LogP contribution in [0, 0.1) is 0 Å². The molecule has 0 saturated heterocycles. The molecule has 0 rings (SSSR count). The molecule has 0 unspecified atom stereocenters. The van der Waals surface area contributed by atoms with E-state index in [9.17, 15) is 0 Å². The van der Waals surface area contributed by atoms with E-state index in [4.69, 9.17) is 21.1 Å².